The normalized spacial score (nSPS) is 20.0. The number of hydrogen-bond acceptors (Lipinski definition) is 2. The number of piperidine rings is 1. The zero-order chi connectivity index (χ0) is 16.9. The second-order valence-electron chi connectivity index (χ2n) is 6.84. The first-order chi connectivity index (χ1) is 11.6. The van der Waals surface area contributed by atoms with E-state index in [0.717, 1.165) is 44.7 Å². The number of piperazine rings is 1. The van der Waals surface area contributed by atoms with Gasteiger partial charge >= 0.3 is 6.03 Å². The van der Waals surface area contributed by atoms with Gasteiger partial charge in [-0.15, -0.1) is 0 Å². The average molecular weight is 331 g/mol. The van der Waals surface area contributed by atoms with Crippen LogP contribution >= 0.6 is 0 Å². The third kappa shape index (κ3) is 4.06. The highest BCUT2D eigenvalue weighted by Gasteiger charge is 2.31. The smallest absolute Gasteiger partial charge is 0.321 e. The molecule has 0 radical (unpaired) electrons. The average Bonchev–Trinajstić information content (AvgIpc) is 2.63. The van der Waals surface area contributed by atoms with Gasteiger partial charge in [0.25, 0.3) is 0 Å². The van der Waals surface area contributed by atoms with Gasteiger partial charge in [0, 0.05) is 24.7 Å². The fraction of sp³-hybridized carbons (Fsp3) is 0.556. The highest BCUT2D eigenvalue weighted by molar-refractivity contribution is 5.89. The van der Waals surface area contributed by atoms with Crippen molar-refractivity contribution in [2.75, 3.05) is 51.6 Å². The number of likely N-dealkylation sites (N-methyl/N-ethyl adjacent to an activating group) is 1. The molecule has 0 unspecified atom stereocenters. The van der Waals surface area contributed by atoms with Crippen molar-refractivity contribution in [3.05, 3.63) is 30.3 Å². The van der Waals surface area contributed by atoms with Gasteiger partial charge in [0.15, 0.2) is 0 Å². The van der Waals surface area contributed by atoms with Crippen LogP contribution in [0.5, 0.6) is 0 Å². The molecule has 6 heteroatoms. The minimum absolute atomic E-state index is 0.0733. The topological polar surface area (TPSA) is 57.1 Å². The number of amides is 3. The van der Waals surface area contributed by atoms with Gasteiger partial charge in [-0.25, -0.2) is 4.79 Å². The van der Waals surface area contributed by atoms with Crippen LogP contribution in [0.1, 0.15) is 12.8 Å². The molecule has 2 fully saturated rings. The summed E-state index contributed by atoms with van der Waals surface area (Å²) in [4.78, 5) is 30.2. The van der Waals surface area contributed by atoms with Crippen molar-refractivity contribution in [3.8, 4) is 0 Å². The molecular formula is C18H27N4O2+. The fourth-order valence-electron chi connectivity index (χ4n) is 3.42. The third-order valence-corrected chi connectivity index (χ3v) is 5.09. The predicted octanol–water partition coefficient (Wildman–Crippen LogP) is 0.287. The van der Waals surface area contributed by atoms with E-state index < -0.39 is 0 Å². The highest BCUT2D eigenvalue weighted by atomic mass is 16.2. The summed E-state index contributed by atoms with van der Waals surface area (Å²) in [6.07, 6.45) is 1.53. The van der Waals surface area contributed by atoms with E-state index >= 15 is 0 Å². The van der Waals surface area contributed by atoms with Crippen molar-refractivity contribution >= 4 is 17.6 Å². The zero-order valence-electron chi connectivity index (χ0n) is 14.3. The lowest BCUT2D eigenvalue weighted by atomic mass is 9.95. The number of urea groups is 1. The van der Waals surface area contributed by atoms with Gasteiger partial charge < -0.3 is 20.0 Å². The first-order valence-electron chi connectivity index (χ1n) is 8.84. The molecule has 2 aliphatic rings. The molecule has 24 heavy (non-hydrogen) atoms. The van der Waals surface area contributed by atoms with Gasteiger partial charge in [-0.3, -0.25) is 4.79 Å². The summed E-state index contributed by atoms with van der Waals surface area (Å²) in [5.41, 5.74) is 0.806. The van der Waals surface area contributed by atoms with Crippen LogP contribution in [0.15, 0.2) is 30.3 Å². The number of rotatable bonds is 2. The highest BCUT2D eigenvalue weighted by Crippen LogP contribution is 2.20. The molecule has 0 aromatic heterocycles. The molecule has 2 aliphatic heterocycles. The van der Waals surface area contributed by atoms with E-state index in [1.54, 1.807) is 0 Å². The SMILES string of the molecule is C[NH+]1CCN(C(=O)C2CCN(C(=O)Nc3ccccc3)CC2)CC1. The van der Waals surface area contributed by atoms with Crippen LogP contribution in [0.3, 0.4) is 0 Å². The van der Waals surface area contributed by atoms with Gasteiger partial charge in [0.05, 0.1) is 33.2 Å². The lowest BCUT2D eigenvalue weighted by molar-refractivity contribution is -0.883. The number of nitrogens with one attached hydrogen (secondary N) is 2. The van der Waals surface area contributed by atoms with Gasteiger partial charge in [-0.05, 0) is 25.0 Å². The number of carbonyl (C=O) groups is 2. The number of benzene rings is 1. The number of para-hydroxylation sites is 1. The van der Waals surface area contributed by atoms with Gasteiger partial charge in [-0.1, -0.05) is 18.2 Å². The summed E-state index contributed by atoms with van der Waals surface area (Å²) in [6, 6.07) is 9.41. The molecule has 2 saturated heterocycles. The number of nitrogens with zero attached hydrogens (tertiary/aromatic N) is 2. The Labute approximate surface area is 143 Å². The maximum absolute atomic E-state index is 12.6. The van der Waals surface area contributed by atoms with Crippen molar-refractivity contribution in [1.29, 1.82) is 0 Å². The van der Waals surface area contributed by atoms with E-state index in [-0.39, 0.29) is 17.9 Å². The minimum atomic E-state index is -0.0738. The zero-order valence-corrected chi connectivity index (χ0v) is 14.3. The molecule has 3 rings (SSSR count). The van der Waals surface area contributed by atoms with Crippen molar-refractivity contribution in [2.45, 2.75) is 12.8 Å². The number of likely N-dealkylation sites (tertiary alicyclic amines) is 1. The Morgan fingerprint density at radius 1 is 1.00 bits per heavy atom. The van der Waals surface area contributed by atoms with Gasteiger partial charge in [-0.2, -0.15) is 0 Å². The molecular weight excluding hydrogens is 304 g/mol. The molecule has 6 nitrogen and oxygen atoms in total. The summed E-state index contributed by atoms with van der Waals surface area (Å²) in [7, 11) is 2.17. The van der Waals surface area contributed by atoms with E-state index in [1.807, 2.05) is 40.1 Å². The quantitative estimate of drug-likeness (QED) is 0.818. The number of hydrogen-bond donors (Lipinski definition) is 2. The van der Waals surface area contributed by atoms with Gasteiger partial charge in [0.1, 0.15) is 0 Å². The Balaban J connectivity index is 1.47. The van der Waals surface area contributed by atoms with Crippen molar-refractivity contribution in [2.24, 2.45) is 5.92 Å². The van der Waals surface area contributed by atoms with Gasteiger partial charge in [0.2, 0.25) is 5.91 Å². The summed E-state index contributed by atoms with van der Waals surface area (Å²) in [5, 5.41) is 2.91. The maximum Gasteiger partial charge on any atom is 0.321 e. The summed E-state index contributed by atoms with van der Waals surface area (Å²) >= 11 is 0. The second-order valence-corrected chi connectivity index (χ2v) is 6.84. The van der Waals surface area contributed by atoms with Crippen molar-refractivity contribution in [1.82, 2.24) is 9.80 Å². The minimum Gasteiger partial charge on any atom is -0.334 e. The Morgan fingerprint density at radius 3 is 2.25 bits per heavy atom. The molecule has 2 heterocycles. The van der Waals surface area contributed by atoms with Crippen LogP contribution in [0.25, 0.3) is 0 Å². The predicted molar refractivity (Wildman–Crippen MR) is 93.0 cm³/mol. The van der Waals surface area contributed by atoms with Crippen LogP contribution in [-0.4, -0.2) is 68.1 Å². The van der Waals surface area contributed by atoms with Crippen LogP contribution < -0.4 is 10.2 Å². The number of anilines is 1. The lowest BCUT2D eigenvalue weighted by Gasteiger charge is -2.36. The number of quaternary nitrogens is 1. The molecule has 0 spiro atoms. The van der Waals surface area contributed by atoms with E-state index in [4.69, 9.17) is 0 Å². The summed E-state index contributed by atoms with van der Waals surface area (Å²) in [5.74, 6) is 0.356. The van der Waals surface area contributed by atoms with Crippen LogP contribution in [-0.2, 0) is 4.79 Å². The molecule has 0 aliphatic carbocycles. The Kier molecular flexibility index (Phi) is 5.35. The second kappa shape index (κ2) is 7.66. The number of carbonyl (C=O) groups excluding carboxylic acids is 2. The summed E-state index contributed by atoms with van der Waals surface area (Å²) in [6.45, 7) is 5.08. The van der Waals surface area contributed by atoms with E-state index in [0.29, 0.717) is 13.1 Å². The first-order valence-corrected chi connectivity index (χ1v) is 8.84. The Hall–Kier alpha value is -2.08. The lowest BCUT2D eigenvalue weighted by Crippen LogP contribution is -3.12. The van der Waals surface area contributed by atoms with E-state index in [2.05, 4.69) is 12.4 Å². The Morgan fingerprint density at radius 2 is 1.62 bits per heavy atom. The molecule has 130 valence electrons. The first kappa shape index (κ1) is 16.8. The Bertz CT molecular complexity index is 562. The fourth-order valence-corrected chi connectivity index (χ4v) is 3.42. The largest absolute Gasteiger partial charge is 0.334 e. The maximum atomic E-state index is 12.6. The standard InChI is InChI=1S/C18H26N4O2/c1-20-11-13-21(14-12-20)17(23)15-7-9-22(10-8-15)18(24)19-16-5-3-2-4-6-16/h2-6,15H,7-14H2,1H3,(H,19,24)/p+1. The molecule has 0 saturated carbocycles. The van der Waals surface area contributed by atoms with Crippen molar-refractivity contribution < 1.29 is 14.5 Å². The van der Waals surface area contributed by atoms with Crippen LogP contribution in [0.4, 0.5) is 10.5 Å². The molecule has 0 atom stereocenters. The van der Waals surface area contributed by atoms with Crippen LogP contribution in [0.2, 0.25) is 0 Å². The third-order valence-electron chi connectivity index (χ3n) is 5.09. The molecule has 1 aromatic carbocycles. The molecule has 2 N–H and O–H groups in total. The monoisotopic (exact) mass is 331 g/mol. The molecule has 3 amide bonds. The molecule has 0 bridgehead atoms. The van der Waals surface area contributed by atoms with E-state index in [1.165, 1.54) is 4.90 Å². The summed E-state index contributed by atoms with van der Waals surface area (Å²) < 4.78 is 0. The molecule has 1 aromatic rings. The van der Waals surface area contributed by atoms with Crippen molar-refractivity contribution in [3.63, 3.8) is 0 Å². The van der Waals surface area contributed by atoms with Crippen LogP contribution in [0, 0.1) is 5.92 Å². The van der Waals surface area contributed by atoms with E-state index in [9.17, 15) is 9.59 Å².